The lowest BCUT2D eigenvalue weighted by Gasteiger charge is -2.25. The Kier molecular flexibility index (Phi) is 4.08. The number of nitrogens with one attached hydrogen (secondary N) is 2. The summed E-state index contributed by atoms with van der Waals surface area (Å²) >= 11 is 0. The van der Waals surface area contributed by atoms with Crippen LogP contribution < -0.4 is 10.6 Å². The van der Waals surface area contributed by atoms with Gasteiger partial charge in [0.2, 0.25) is 5.91 Å². The van der Waals surface area contributed by atoms with E-state index in [0.29, 0.717) is 18.5 Å². The van der Waals surface area contributed by atoms with E-state index in [4.69, 9.17) is 4.42 Å². The van der Waals surface area contributed by atoms with Gasteiger partial charge >= 0.3 is 0 Å². The molecule has 2 aliphatic rings. The third-order valence-corrected chi connectivity index (χ3v) is 4.57. The average Bonchev–Trinajstić information content (AvgIpc) is 3.12. The van der Waals surface area contributed by atoms with Gasteiger partial charge < -0.3 is 15.1 Å². The number of piperidine rings is 1. The molecule has 2 N–H and O–H groups in total. The predicted molar refractivity (Wildman–Crippen MR) is 76.1 cm³/mol. The summed E-state index contributed by atoms with van der Waals surface area (Å²) < 4.78 is 5.23. The van der Waals surface area contributed by atoms with Gasteiger partial charge in [-0.1, -0.05) is 0 Å². The number of nitrogens with zero attached hydrogens (tertiary/aromatic N) is 1. The largest absolute Gasteiger partial charge is 0.467 e. The van der Waals surface area contributed by atoms with Crippen LogP contribution in [0.2, 0.25) is 0 Å². The fraction of sp³-hybridized carbons (Fsp3) is 0.667. The van der Waals surface area contributed by atoms with E-state index in [2.05, 4.69) is 15.5 Å². The van der Waals surface area contributed by atoms with Crippen LogP contribution in [0.5, 0.6) is 0 Å². The predicted octanol–water partition coefficient (Wildman–Crippen LogP) is 0.968. The lowest BCUT2D eigenvalue weighted by atomic mass is 9.94. The normalized spacial score (nSPS) is 28.1. The molecule has 0 aliphatic carbocycles. The summed E-state index contributed by atoms with van der Waals surface area (Å²) in [6, 6.07) is 4.21. The van der Waals surface area contributed by atoms with Gasteiger partial charge in [0.05, 0.1) is 18.8 Å². The Hall–Kier alpha value is -1.33. The first-order valence-corrected chi connectivity index (χ1v) is 7.51. The number of hydrogen-bond acceptors (Lipinski definition) is 4. The standard InChI is InChI=1S/C15H23N3O2/c1-11(15(19)17-8-13-5-3-7-20-13)18-9-12-4-2-6-16-14(12)10-18/h3,5,7,11-12,14,16H,2,4,6,8-10H2,1H3,(H,17,19). The van der Waals surface area contributed by atoms with Crippen LogP contribution in [0, 0.1) is 5.92 Å². The summed E-state index contributed by atoms with van der Waals surface area (Å²) in [5.41, 5.74) is 0. The second kappa shape index (κ2) is 5.97. The van der Waals surface area contributed by atoms with Crippen LogP contribution in [0.1, 0.15) is 25.5 Å². The number of carbonyl (C=O) groups excluding carboxylic acids is 1. The van der Waals surface area contributed by atoms with Crippen molar-refractivity contribution >= 4 is 5.91 Å². The maximum atomic E-state index is 12.2. The quantitative estimate of drug-likeness (QED) is 0.861. The maximum absolute atomic E-state index is 12.2. The van der Waals surface area contributed by atoms with Crippen LogP contribution in [0.25, 0.3) is 0 Å². The molecule has 2 saturated heterocycles. The first-order chi connectivity index (χ1) is 9.74. The minimum Gasteiger partial charge on any atom is -0.467 e. The molecule has 0 radical (unpaired) electrons. The molecule has 5 nitrogen and oxygen atoms in total. The lowest BCUT2D eigenvalue weighted by molar-refractivity contribution is -0.125. The SMILES string of the molecule is CC(C(=O)NCc1ccco1)N1CC2CCCNC2C1. The van der Waals surface area contributed by atoms with Crippen LogP contribution >= 0.6 is 0 Å². The van der Waals surface area contributed by atoms with Gasteiger partial charge in [0, 0.05) is 19.1 Å². The van der Waals surface area contributed by atoms with E-state index in [1.807, 2.05) is 19.1 Å². The van der Waals surface area contributed by atoms with E-state index in [9.17, 15) is 4.79 Å². The number of carbonyl (C=O) groups is 1. The lowest BCUT2D eigenvalue weighted by Crippen LogP contribution is -2.45. The van der Waals surface area contributed by atoms with Gasteiger partial charge in [0.1, 0.15) is 5.76 Å². The number of furan rings is 1. The minimum atomic E-state index is -0.0719. The summed E-state index contributed by atoms with van der Waals surface area (Å²) in [5.74, 6) is 1.59. The molecular formula is C15H23N3O2. The molecule has 0 spiro atoms. The first kappa shape index (κ1) is 13.6. The molecule has 1 aromatic rings. The van der Waals surface area contributed by atoms with Gasteiger partial charge in [-0.05, 0) is 44.4 Å². The van der Waals surface area contributed by atoms with E-state index in [0.717, 1.165) is 25.4 Å². The molecule has 3 unspecified atom stereocenters. The summed E-state index contributed by atoms with van der Waals surface area (Å²) in [4.78, 5) is 14.5. The van der Waals surface area contributed by atoms with E-state index in [1.54, 1.807) is 6.26 Å². The molecule has 1 aromatic heterocycles. The van der Waals surface area contributed by atoms with Gasteiger partial charge in [0.25, 0.3) is 0 Å². The fourth-order valence-corrected chi connectivity index (χ4v) is 3.30. The molecule has 3 atom stereocenters. The summed E-state index contributed by atoms with van der Waals surface area (Å²) in [5, 5.41) is 6.52. The molecule has 1 amide bonds. The Morgan fingerprint density at radius 3 is 3.25 bits per heavy atom. The summed E-state index contributed by atoms with van der Waals surface area (Å²) in [6.45, 7) is 5.60. The molecule has 5 heteroatoms. The highest BCUT2D eigenvalue weighted by Gasteiger charge is 2.37. The summed E-state index contributed by atoms with van der Waals surface area (Å²) in [6.07, 6.45) is 4.17. The van der Waals surface area contributed by atoms with Crippen molar-refractivity contribution in [2.75, 3.05) is 19.6 Å². The second-order valence-corrected chi connectivity index (χ2v) is 5.89. The minimum absolute atomic E-state index is 0.0719. The molecule has 0 bridgehead atoms. The van der Waals surface area contributed by atoms with Crippen molar-refractivity contribution in [1.82, 2.24) is 15.5 Å². The van der Waals surface area contributed by atoms with E-state index in [1.165, 1.54) is 12.8 Å². The molecule has 0 aromatic carbocycles. The third kappa shape index (κ3) is 2.88. The maximum Gasteiger partial charge on any atom is 0.237 e. The number of rotatable bonds is 4. The molecule has 20 heavy (non-hydrogen) atoms. The second-order valence-electron chi connectivity index (χ2n) is 5.89. The third-order valence-electron chi connectivity index (χ3n) is 4.57. The molecule has 3 rings (SSSR count). The van der Waals surface area contributed by atoms with Crippen molar-refractivity contribution in [3.05, 3.63) is 24.2 Å². The zero-order valence-corrected chi connectivity index (χ0v) is 12.0. The molecular weight excluding hydrogens is 254 g/mol. The van der Waals surface area contributed by atoms with Gasteiger partial charge in [0.15, 0.2) is 0 Å². The highest BCUT2D eigenvalue weighted by atomic mass is 16.3. The highest BCUT2D eigenvalue weighted by molar-refractivity contribution is 5.81. The van der Waals surface area contributed by atoms with Crippen molar-refractivity contribution < 1.29 is 9.21 Å². The molecule has 2 aliphatic heterocycles. The van der Waals surface area contributed by atoms with Gasteiger partial charge in [-0.25, -0.2) is 0 Å². The van der Waals surface area contributed by atoms with Crippen molar-refractivity contribution in [2.45, 2.75) is 38.4 Å². The van der Waals surface area contributed by atoms with E-state index in [-0.39, 0.29) is 11.9 Å². The van der Waals surface area contributed by atoms with Crippen LogP contribution in [0.4, 0.5) is 0 Å². The van der Waals surface area contributed by atoms with Crippen molar-refractivity contribution in [3.63, 3.8) is 0 Å². The Bertz CT molecular complexity index is 432. The smallest absolute Gasteiger partial charge is 0.237 e. The highest BCUT2D eigenvalue weighted by Crippen LogP contribution is 2.26. The van der Waals surface area contributed by atoms with Crippen molar-refractivity contribution in [3.8, 4) is 0 Å². The number of likely N-dealkylation sites (tertiary alicyclic amines) is 1. The Morgan fingerprint density at radius 1 is 1.60 bits per heavy atom. The monoisotopic (exact) mass is 277 g/mol. The molecule has 0 saturated carbocycles. The van der Waals surface area contributed by atoms with Crippen LogP contribution in [0.3, 0.4) is 0 Å². The number of amides is 1. The Labute approximate surface area is 119 Å². The molecule has 2 fully saturated rings. The van der Waals surface area contributed by atoms with Gasteiger partial charge in [-0.15, -0.1) is 0 Å². The van der Waals surface area contributed by atoms with Gasteiger partial charge in [-0.2, -0.15) is 0 Å². The van der Waals surface area contributed by atoms with Crippen molar-refractivity contribution in [2.24, 2.45) is 5.92 Å². The zero-order chi connectivity index (χ0) is 13.9. The van der Waals surface area contributed by atoms with Gasteiger partial charge in [-0.3, -0.25) is 9.69 Å². The molecule has 3 heterocycles. The topological polar surface area (TPSA) is 57.5 Å². The first-order valence-electron chi connectivity index (χ1n) is 7.51. The Balaban J connectivity index is 1.50. The fourth-order valence-electron chi connectivity index (χ4n) is 3.30. The Morgan fingerprint density at radius 2 is 2.50 bits per heavy atom. The van der Waals surface area contributed by atoms with Crippen molar-refractivity contribution in [1.29, 1.82) is 0 Å². The number of fused-ring (bicyclic) bond motifs is 1. The van der Waals surface area contributed by atoms with Crippen LogP contribution in [-0.4, -0.2) is 42.5 Å². The molecule has 110 valence electrons. The van der Waals surface area contributed by atoms with Crippen LogP contribution in [-0.2, 0) is 11.3 Å². The zero-order valence-electron chi connectivity index (χ0n) is 12.0. The van der Waals surface area contributed by atoms with E-state index >= 15 is 0 Å². The summed E-state index contributed by atoms with van der Waals surface area (Å²) in [7, 11) is 0. The van der Waals surface area contributed by atoms with E-state index < -0.39 is 0 Å². The number of hydrogen-bond donors (Lipinski definition) is 2. The average molecular weight is 277 g/mol. The van der Waals surface area contributed by atoms with Crippen LogP contribution in [0.15, 0.2) is 22.8 Å².